The second-order valence-corrected chi connectivity index (χ2v) is 5.11. The van der Waals surface area contributed by atoms with E-state index in [0.29, 0.717) is 18.3 Å². The van der Waals surface area contributed by atoms with Crippen molar-refractivity contribution in [3.05, 3.63) is 18.1 Å². The van der Waals surface area contributed by atoms with Gasteiger partial charge < -0.3 is 16.8 Å². The summed E-state index contributed by atoms with van der Waals surface area (Å²) in [6, 6.07) is 0. The van der Waals surface area contributed by atoms with Crippen LogP contribution in [0.2, 0.25) is 0 Å². The van der Waals surface area contributed by atoms with Crippen LogP contribution in [0.25, 0.3) is 0 Å². The lowest BCUT2D eigenvalue weighted by Gasteiger charge is -2.32. The normalized spacial score (nSPS) is 14.3. The van der Waals surface area contributed by atoms with Gasteiger partial charge in [-0.15, -0.1) is 0 Å². The molecule has 0 aliphatic carbocycles. The van der Waals surface area contributed by atoms with E-state index in [1.165, 1.54) is 12.4 Å². The van der Waals surface area contributed by atoms with E-state index >= 15 is 0 Å². The van der Waals surface area contributed by atoms with Crippen LogP contribution in [0.15, 0.2) is 12.4 Å². The average Bonchev–Trinajstić information content (AvgIpc) is 2.28. The van der Waals surface area contributed by atoms with Gasteiger partial charge in [0.05, 0.1) is 0 Å². The molecule has 1 aromatic rings. The Kier molecular flexibility index (Phi) is 4.61. The van der Waals surface area contributed by atoms with Crippen LogP contribution >= 0.6 is 0 Å². The molecule has 1 atom stereocenters. The number of nitrogens with one attached hydrogen (secondary N) is 1. The third-order valence-electron chi connectivity index (χ3n) is 2.66. The molecule has 6 heteroatoms. The third kappa shape index (κ3) is 3.66. The molecule has 100 valence electrons. The zero-order chi connectivity index (χ0) is 13.8. The maximum absolute atomic E-state index is 11.3. The zero-order valence-electron chi connectivity index (χ0n) is 11.1. The topological polar surface area (TPSA) is 107 Å². The van der Waals surface area contributed by atoms with Crippen LogP contribution in [0, 0.1) is 5.92 Å². The summed E-state index contributed by atoms with van der Waals surface area (Å²) < 4.78 is 0. The molecular formula is C12H21N5O. The minimum atomic E-state index is -0.602. The molecule has 0 radical (unpaired) electrons. The van der Waals surface area contributed by atoms with Crippen molar-refractivity contribution in [1.82, 2.24) is 9.97 Å². The second kappa shape index (κ2) is 5.77. The quantitative estimate of drug-likeness (QED) is 0.691. The molecule has 0 spiro atoms. The first-order valence-corrected chi connectivity index (χ1v) is 5.97. The van der Waals surface area contributed by atoms with Gasteiger partial charge in [-0.25, -0.2) is 9.97 Å². The number of aromatic nitrogens is 2. The first kappa shape index (κ1) is 14.4. The second-order valence-electron chi connectivity index (χ2n) is 5.11. The van der Waals surface area contributed by atoms with Gasteiger partial charge in [0.2, 0.25) is 0 Å². The number of amides is 1. The van der Waals surface area contributed by atoms with Crippen molar-refractivity contribution in [1.29, 1.82) is 0 Å². The Morgan fingerprint density at radius 1 is 1.44 bits per heavy atom. The highest BCUT2D eigenvalue weighted by molar-refractivity contribution is 5.95. The van der Waals surface area contributed by atoms with Gasteiger partial charge >= 0.3 is 0 Å². The summed E-state index contributed by atoms with van der Waals surface area (Å²) >= 11 is 0. The fraction of sp³-hybridized carbons (Fsp3) is 0.583. The fourth-order valence-corrected chi connectivity index (χ4v) is 1.98. The molecule has 1 rings (SSSR count). The maximum atomic E-state index is 11.3. The SMILES string of the molecule is CC(C)CC(C)(CN)Nc1nccnc1C(N)=O. The van der Waals surface area contributed by atoms with Crippen LogP contribution in [-0.4, -0.2) is 28.0 Å². The molecule has 0 aliphatic heterocycles. The Hall–Kier alpha value is -1.69. The molecule has 0 bridgehead atoms. The van der Waals surface area contributed by atoms with Crippen LogP contribution in [0.5, 0.6) is 0 Å². The molecule has 5 N–H and O–H groups in total. The number of carbonyl (C=O) groups excluding carboxylic acids is 1. The van der Waals surface area contributed by atoms with Crippen molar-refractivity contribution in [3.63, 3.8) is 0 Å². The molecule has 0 saturated heterocycles. The van der Waals surface area contributed by atoms with Crippen molar-refractivity contribution in [2.75, 3.05) is 11.9 Å². The van der Waals surface area contributed by atoms with Crippen molar-refractivity contribution in [2.45, 2.75) is 32.7 Å². The Morgan fingerprint density at radius 3 is 2.56 bits per heavy atom. The highest BCUT2D eigenvalue weighted by Crippen LogP contribution is 2.21. The first-order chi connectivity index (χ1) is 8.38. The number of hydrogen-bond acceptors (Lipinski definition) is 5. The summed E-state index contributed by atoms with van der Waals surface area (Å²) in [7, 11) is 0. The van der Waals surface area contributed by atoms with Crippen molar-refractivity contribution >= 4 is 11.7 Å². The predicted molar refractivity (Wildman–Crippen MR) is 71.1 cm³/mol. The van der Waals surface area contributed by atoms with Crippen LogP contribution in [0.1, 0.15) is 37.7 Å². The summed E-state index contributed by atoms with van der Waals surface area (Å²) in [6.45, 7) is 6.65. The van der Waals surface area contributed by atoms with Gasteiger partial charge in [0.1, 0.15) is 0 Å². The molecule has 6 nitrogen and oxygen atoms in total. The maximum Gasteiger partial charge on any atom is 0.271 e. The minimum Gasteiger partial charge on any atom is -0.364 e. The van der Waals surface area contributed by atoms with E-state index in [0.717, 1.165) is 6.42 Å². The lowest BCUT2D eigenvalue weighted by molar-refractivity contribution is 0.0996. The molecule has 1 aromatic heterocycles. The van der Waals surface area contributed by atoms with Crippen LogP contribution in [0.3, 0.4) is 0 Å². The van der Waals surface area contributed by atoms with E-state index < -0.39 is 5.91 Å². The zero-order valence-corrected chi connectivity index (χ0v) is 11.1. The molecule has 0 aliphatic rings. The summed E-state index contributed by atoms with van der Waals surface area (Å²) in [4.78, 5) is 19.3. The Balaban J connectivity index is 2.98. The molecule has 1 amide bonds. The van der Waals surface area contributed by atoms with Gasteiger partial charge in [0, 0.05) is 24.5 Å². The number of rotatable bonds is 6. The smallest absolute Gasteiger partial charge is 0.271 e. The summed E-state index contributed by atoms with van der Waals surface area (Å²) in [5.74, 6) is 0.257. The summed E-state index contributed by atoms with van der Waals surface area (Å²) in [5, 5.41) is 3.19. The number of anilines is 1. The van der Waals surface area contributed by atoms with E-state index in [2.05, 4.69) is 29.1 Å². The van der Waals surface area contributed by atoms with Crippen LogP contribution in [0.4, 0.5) is 5.82 Å². The number of hydrogen-bond donors (Lipinski definition) is 3. The molecule has 0 fully saturated rings. The van der Waals surface area contributed by atoms with E-state index in [-0.39, 0.29) is 11.2 Å². The molecule has 1 heterocycles. The minimum absolute atomic E-state index is 0.140. The van der Waals surface area contributed by atoms with Gasteiger partial charge in [-0.05, 0) is 19.3 Å². The van der Waals surface area contributed by atoms with Crippen molar-refractivity contribution in [2.24, 2.45) is 17.4 Å². The number of nitrogens with zero attached hydrogens (tertiary/aromatic N) is 2. The Labute approximate surface area is 107 Å². The Bertz CT molecular complexity index is 421. The lowest BCUT2D eigenvalue weighted by Crippen LogP contribution is -2.44. The van der Waals surface area contributed by atoms with Gasteiger partial charge in [0.25, 0.3) is 5.91 Å². The lowest BCUT2D eigenvalue weighted by atomic mass is 9.90. The highest BCUT2D eigenvalue weighted by atomic mass is 16.1. The summed E-state index contributed by atoms with van der Waals surface area (Å²) in [6.07, 6.45) is 3.81. The standard InChI is InChI=1S/C12H21N5O/c1-8(2)6-12(3,7-13)17-11-9(10(14)18)15-4-5-16-11/h4-5,8H,6-7,13H2,1-3H3,(H2,14,18)(H,16,17). The van der Waals surface area contributed by atoms with Crippen molar-refractivity contribution < 1.29 is 4.79 Å². The van der Waals surface area contributed by atoms with Gasteiger partial charge in [-0.3, -0.25) is 4.79 Å². The van der Waals surface area contributed by atoms with Crippen molar-refractivity contribution in [3.8, 4) is 0 Å². The molecule has 1 unspecified atom stereocenters. The molecule has 18 heavy (non-hydrogen) atoms. The molecule has 0 saturated carbocycles. The van der Waals surface area contributed by atoms with E-state index in [4.69, 9.17) is 11.5 Å². The fourth-order valence-electron chi connectivity index (χ4n) is 1.98. The van der Waals surface area contributed by atoms with Gasteiger partial charge in [0.15, 0.2) is 11.5 Å². The van der Waals surface area contributed by atoms with Gasteiger partial charge in [-0.2, -0.15) is 0 Å². The number of carbonyl (C=O) groups is 1. The number of primary amides is 1. The molecular weight excluding hydrogens is 230 g/mol. The Morgan fingerprint density at radius 2 is 2.06 bits per heavy atom. The highest BCUT2D eigenvalue weighted by Gasteiger charge is 2.26. The largest absolute Gasteiger partial charge is 0.364 e. The molecule has 0 aromatic carbocycles. The van der Waals surface area contributed by atoms with Crippen LogP contribution in [-0.2, 0) is 0 Å². The van der Waals surface area contributed by atoms with E-state index in [1.54, 1.807) is 0 Å². The monoisotopic (exact) mass is 251 g/mol. The number of nitrogens with two attached hydrogens (primary N) is 2. The predicted octanol–water partition coefficient (Wildman–Crippen LogP) is 0.751. The van der Waals surface area contributed by atoms with Crippen LogP contribution < -0.4 is 16.8 Å². The van der Waals surface area contributed by atoms with Gasteiger partial charge in [-0.1, -0.05) is 13.8 Å². The summed E-state index contributed by atoms with van der Waals surface area (Å²) in [5.41, 5.74) is 10.9. The van der Waals surface area contributed by atoms with E-state index in [1.807, 2.05) is 6.92 Å². The third-order valence-corrected chi connectivity index (χ3v) is 2.66. The average molecular weight is 251 g/mol. The van der Waals surface area contributed by atoms with E-state index in [9.17, 15) is 4.79 Å². The first-order valence-electron chi connectivity index (χ1n) is 5.97.